The summed E-state index contributed by atoms with van der Waals surface area (Å²) in [4.78, 5) is 62.3. The number of alkyl carbamates (subject to hydrolysis) is 1. The molecule has 15 heteroatoms. The summed E-state index contributed by atoms with van der Waals surface area (Å²) < 4.78 is 4.82. The van der Waals surface area contributed by atoms with Gasteiger partial charge in [-0.25, -0.2) is 14.6 Å². The van der Waals surface area contributed by atoms with E-state index in [2.05, 4.69) is 31.2 Å². The van der Waals surface area contributed by atoms with Crippen LogP contribution in [0.3, 0.4) is 0 Å². The van der Waals surface area contributed by atoms with E-state index in [1.807, 2.05) is 107 Å². The molecule has 5 rings (SSSR count). The number of hydrogen-bond donors (Lipinski definition) is 4. The molecule has 0 bridgehead atoms. The van der Waals surface area contributed by atoms with E-state index in [-0.39, 0.29) is 43.9 Å². The number of amides is 5. The molecule has 15 nitrogen and oxygen atoms in total. The third kappa shape index (κ3) is 12.3. The number of ether oxygens (including phenoxy) is 1. The fourth-order valence-corrected chi connectivity index (χ4v) is 7.08. The van der Waals surface area contributed by atoms with Crippen LogP contribution in [0.5, 0.6) is 0 Å². The van der Waals surface area contributed by atoms with Crippen LogP contribution in [0, 0.1) is 11.3 Å². The minimum Gasteiger partial charge on any atom is -0.453 e. The third-order valence-electron chi connectivity index (χ3n) is 10.5. The molecule has 5 amide bonds. The van der Waals surface area contributed by atoms with Crippen molar-refractivity contribution in [2.24, 2.45) is 11.3 Å². The van der Waals surface area contributed by atoms with Crippen molar-refractivity contribution >= 4 is 23.9 Å². The van der Waals surface area contributed by atoms with Crippen LogP contribution >= 0.6 is 0 Å². The van der Waals surface area contributed by atoms with Crippen LogP contribution in [0.1, 0.15) is 57.9 Å². The molecule has 5 atom stereocenters. The predicted molar refractivity (Wildman–Crippen MR) is 223 cm³/mol. The Hall–Kier alpha value is -5.93. The highest BCUT2D eigenvalue weighted by Crippen LogP contribution is 2.24. The third-order valence-corrected chi connectivity index (χ3v) is 10.5. The summed E-state index contributed by atoms with van der Waals surface area (Å²) in [6.07, 6.45) is 2.23. The quantitative estimate of drug-likeness (QED) is 0.104. The van der Waals surface area contributed by atoms with Crippen LogP contribution in [0.4, 0.5) is 9.59 Å². The van der Waals surface area contributed by atoms with Gasteiger partial charge >= 0.3 is 12.1 Å². The molecular formula is C44H57N9O6. The van der Waals surface area contributed by atoms with Crippen molar-refractivity contribution in [1.82, 2.24) is 46.0 Å². The van der Waals surface area contributed by atoms with Crippen molar-refractivity contribution in [1.29, 1.82) is 0 Å². The molecule has 1 aliphatic heterocycles. The number of aliphatic hydroxyl groups is 1. The molecule has 1 fully saturated rings. The first-order valence-corrected chi connectivity index (χ1v) is 20.0. The lowest BCUT2D eigenvalue weighted by Gasteiger charge is -2.36. The molecule has 3 heterocycles. The lowest BCUT2D eigenvalue weighted by Crippen LogP contribution is -2.60. The van der Waals surface area contributed by atoms with Crippen molar-refractivity contribution < 1.29 is 29.0 Å². The van der Waals surface area contributed by atoms with Crippen LogP contribution in [-0.4, -0.2) is 110 Å². The largest absolute Gasteiger partial charge is 0.453 e. The van der Waals surface area contributed by atoms with E-state index in [1.165, 1.54) is 7.11 Å². The van der Waals surface area contributed by atoms with Crippen LogP contribution in [0.25, 0.3) is 11.3 Å². The van der Waals surface area contributed by atoms with Crippen molar-refractivity contribution in [2.45, 2.75) is 84.8 Å². The number of hydrazine groups is 1. The van der Waals surface area contributed by atoms with Gasteiger partial charge in [0.05, 0.1) is 37.2 Å². The number of carbonyl (C=O) groups is 4. The van der Waals surface area contributed by atoms with Gasteiger partial charge in [0.1, 0.15) is 12.1 Å². The van der Waals surface area contributed by atoms with E-state index >= 15 is 0 Å². The topological polar surface area (TPSA) is 182 Å². The molecule has 1 aliphatic rings. The Bertz CT molecular complexity index is 1970. The van der Waals surface area contributed by atoms with E-state index < -0.39 is 41.6 Å². The van der Waals surface area contributed by atoms with Crippen LogP contribution in [0.2, 0.25) is 0 Å². The molecular weight excluding hydrogens is 751 g/mol. The molecule has 4 aromatic rings. The van der Waals surface area contributed by atoms with Crippen LogP contribution < -0.4 is 16.1 Å². The number of benzene rings is 2. The Kier molecular flexibility index (Phi) is 15.5. The second-order valence-electron chi connectivity index (χ2n) is 16.0. The first kappa shape index (κ1) is 44.2. The van der Waals surface area contributed by atoms with E-state index in [1.54, 1.807) is 39.3 Å². The fraction of sp³-hybridized carbons (Fsp3) is 0.432. The average Bonchev–Trinajstić information content (AvgIpc) is 3.58. The number of rotatable bonds is 18. The average molecular weight is 808 g/mol. The lowest BCUT2D eigenvalue weighted by molar-refractivity contribution is -0.132. The fourth-order valence-electron chi connectivity index (χ4n) is 7.08. The monoisotopic (exact) mass is 807 g/mol. The molecule has 59 heavy (non-hydrogen) atoms. The molecule has 2 aromatic carbocycles. The zero-order valence-electron chi connectivity index (χ0n) is 34.7. The van der Waals surface area contributed by atoms with Gasteiger partial charge in [-0.15, -0.1) is 0 Å². The van der Waals surface area contributed by atoms with Gasteiger partial charge in [-0.1, -0.05) is 102 Å². The number of aromatic nitrogens is 3. The van der Waals surface area contributed by atoms with Crippen molar-refractivity contribution in [3.05, 3.63) is 114 Å². The first-order valence-electron chi connectivity index (χ1n) is 20.0. The summed E-state index contributed by atoms with van der Waals surface area (Å²) in [7, 11) is 1.23. The van der Waals surface area contributed by atoms with E-state index in [9.17, 15) is 24.3 Å². The van der Waals surface area contributed by atoms with Gasteiger partial charge in [-0.2, -0.15) is 10.2 Å². The van der Waals surface area contributed by atoms with Gasteiger partial charge in [0.15, 0.2) is 0 Å². The zero-order valence-corrected chi connectivity index (χ0v) is 34.7. The number of nitrogens with zero attached hydrogens (tertiary/aromatic N) is 6. The maximum atomic E-state index is 14.5. The normalized spacial score (nSPS) is 15.6. The van der Waals surface area contributed by atoms with Gasteiger partial charge in [-0.3, -0.25) is 20.0 Å². The minimum absolute atomic E-state index is 0.108. The second-order valence-corrected chi connectivity index (χ2v) is 16.0. The number of nitrogens with one attached hydrogen (secondary N) is 3. The number of carbonyl (C=O) groups excluding carboxylic acids is 4. The molecule has 4 N–H and O–H groups in total. The number of hydrogen-bond acceptors (Lipinski definition) is 10. The summed E-state index contributed by atoms with van der Waals surface area (Å²) in [6, 6.07) is 23.6. The summed E-state index contributed by atoms with van der Waals surface area (Å²) in [5.41, 5.74) is 6.31. The Labute approximate surface area is 346 Å². The molecule has 1 saturated heterocycles. The SMILES string of the molecule is CC[C@H](C)[C@@H](C(=O)N[C@@H](Cc1ccccc1)[C@@H](O)CN(Cc1ccc(-c2ccccn2)cc1)NC(=O)[C@@H](NC(=O)OC)C(C)(C)C)N1CCN(Cc2cccnn2)C1=O. The summed E-state index contributed by atoms with van der Waals surface area (Å²) >= 11 is 0. The summed E-state index contributed by atoms with van der Waals surface area (Å²) in [6.45, 7) is 10.5. The Morgan fingerprint density at radius 2 is 1.63 bits per heavy atom. The summed E-state index contributed by atoms with van der Waals surface area (Å²) in [5.74, 6) is -1.10. The van der Waals surface area contributed by atoms with Gasteiger partial charge in [-0.05, 0) is 53.1 Å². The minimum atomic E-state index is -1.21. The number of pyridine rings is 1. The molecule has 314 valence electrons. The molecule has 0 aliphatic carbocycles. The van der Waals surface area contributed by atoms with Gasteiger partial charge in [0.25, 0.3) is 5.91 Å². The lowest BCUT2D eigenvalue weighted by atomic mass is 9.86. The number of aliphatic hydroxyl groups excluding tert-OH is 1. The Morgan fingerprint density at radius 3 is 2.25 bits per heavy atom. The molecule has 0 radical (unpaired) electrons. The zero-order chi connectivity index (χ0) is 42.5. The predicted octanol–water partition coefficient (Wildman–Crippen LogP) is 4.58. The van der Waals surface area contributed by atoms with E-state index in [0.717, 1.165) is 22.4 Å². The van der Waals surface area contributed by atoms with E-state index in [4.69, 9.17) is 4.74 Å². The highest BCUT2D eigenvalue weighted by molar-refractivity contribution is 5.88. The van der Waals surface area contributed by atoms with Crippen molar-refractivity contribution in [2.75, 3.05) is 26.7 Å². The standard InChI is InChI=1S/C44H57N9O6/c1-7-30(2)38(53-25-24-51(43(53)58)28-34-16-13-23-46-49-34)40(55)47-36(26-31-14-9-8-10-15-31)37(54)29-52(50-41(56)39(44(3,4)5)48-42(57)59-6)27-32-18-20-33(21-19-32)35-17-11-12-22-45-35/h8-23,30,36-39,54H,7,24-29H2,1-6H3,(H,47,55)(H,48,57)(H,50,56)/t30-,36-,37-,38-,39+/m0/s1. The number of urea groups is 1. The molecule has 0 spiro atoms. The Balaban J connectivity index is 1.41. The van der Waals surface area contributed by atoms with Gasteiger partial charge in [0, 0.05) is 44.1 Å². The smallest absolute Gasteiger partial charge is 0.407 e. The maximum Gasteiger partial charge on any atom is 0.407 e. The first-order chi connectivity index (χ1) is 28.3. The highest BCUT2D eigenvalue weighted by Gasteiger charge is 2.41. The maximum absolute atomic E-state index is 14.5. The second kappa shape index (κ2) is 20.7. The van der Waals surface area contributed by atoms with Crippen molar-refractivity contribution in [3.63, 3.8) is 0 Å². The molecule has 0 saturated carbocycles. The summed E-state index contributed by atoms with van der Waals surface area (Å²) in [5, 5.41) is 27.6. The molecule has 0 unspecified atom stereocenters. The Morgan fingerprint density at radius 1 is 0.898 bits per heavy atom. The van der Waals surface area contributed by atoms with Crippen LogP contribution in [-0.2, 0) is 33.8 Å². The van der Waals surface area contributed by atoms with Crippen LogP contribution in [0.15, 0.2) is 97.3 Å². The van der Waals surface area contributed by atoms with Gasteiger partial charge < -0.3 is 30.3 Å². The van der Waals surface area contributed by atoms with E-state index in [0.29, 0.717) is 25.2 Å². The number of methoxy groups -OCH3 is 1. The highest BCUT2D eigenvalue weighted by atomic mass is 16.5. The van der Waals surface area contributed by atoms with Crippen molar-refractivity contribution in [3.8, 4) is 11.3 Å². The van der Waals surface area contributed by atoms with Gasteiger partial charge in [0.2, 0.25) is 5.91 Å². The molecule has 2 aromatic heterocycles.